The molecule has 0 atom stereocenters. The normalized spacial score (nSPS) is 13.2. The number of para-hydroxylation sites is 1. The van der Waals surface area contributed by atoms with E-state index in [0.717, 1.165) is 53.1 Å². The van der Waals surface area contributed by atoms with Crippen LogP contribution in [0.1, 0.15) is 64.0 Å². The molecule has 2 aromatic heterocycles. The van der Waals surface area contributed by atoms with Crippen LogP contribution in [0, 0.1) is 3.57 Å². The summed E-state index contributed by atoms with van der Waals surface area (Å²) in [5, 5.41) is 1.36. The molecule has 5 aromatic rings. The van der Waals surface area contributed by atoms with Gasteiger partial charge in [0.15, 0.2) is 16.0 Å². The Kier molecular flexibility index (Phi) is 12.6. The third kappa shape index (κ3) is 10.4. The predicted octanol–water partition coefficient (Wildman–Crippen LogP) is 9.85. The van der Waals surface area contributed by atoms with Gasteiger partial charge in [-0.3, -0.25) is 9.69 Å². The maximum Gasteiger partial charge on any atom is 0.358 e. The quantitative estimate of drug-likeness (QED) is 0.0358. The molecule has 0 saturated carbocycles. The van der Waals surface area contributed by atoms with E-state index in [2.05, 4.69) is 53.2 Å². The van der Waals surface area contributed by atoms with Crippen molar-refractivity contribution in [2.75, 3.05) is 36.3 Å². The first-order chi connectivity index (χ1) is 25.2. The summed E-state index contributed by atoms with van der Waals surface area (Å²) in [6, 6.07) is 22.9. The number of halogens is 1. The fourth-order valence-corrected chi connectivity index (χ4v) is 9.07. The van der Waals surface area contributed by atoms with Crippen molar-refractivity contribution in [3.8, 4) is 5.75 Å². The van der Waals surface area contributed by atoms with Gasteiger partial charge in [0.25, 0.3) is 5.91 Å². The highest BCUT2D eigenvalue weighted by atomic mass is 127. The molecule has 53 heavy (non-hydrogen) atoms. The Balaban J connectivity index is 1.24. The van der Waals surface area contributed by atoms with Crippen LogP contribution >= 0.6 is 45.3 Å². The van der Waals surface area contributed by atoms with E-state index in [1.807, 2.05) is 81.4 Å². The van der Waals surface area contributed by atoms with Crippen LogP contribution in [0.4, 0.5) is 10.3 Å². The molecule has 3 heterocycles. The molecule has 1 aliphatic rings. The standard InChI is InChI=1S/C40H47IN4O5S2Si/c1-40(2,3)50-37(47)35-34(15-10-22-49-29-18-16-28(41)17-19-29)52-38(43-35)44-21-20-27-11-9-12-30(31(27)25-44)36(46)45(26-48-23-24-53(4,5)6)39-42-32-13-7-8-14-33(32)51-39/h7-9,11-14,16-19H,10,15,20-26H2,1-6H3. The Labute approximate surface area is 334 Å². The van der Waals surface area contributed by atoms with E-state index in [4.69, 9.17) is 24.2 Å². The number of carbonyl (C=O) groups excluding carboxylic acids is 2. The van der Waals surface area contributed by atoms with Crippen LogP contribution in [0.25, 0.3) is 10.2 Å². The summed E-state index contributed by atoms with van der Waals surface area (Å²) in [7, 11) is -1.32. The van der Waals surface area contributed by atoms with E-state index in [-0.39, 0.29) is 12.6 Å². The maximum absolute atomic E-state index is 14.6. The molecular formula is C40H47IN4O5S2Si. The number of rotatable bonds is 14. The number of nitrogens with zero attached hydrogens (tertiary/aromatic N) is 4. The van der Waals surface area contributed by atoms with Gasteiger partial charge in [0.1, 0.15) is 18.1 Å². The van der Waals surface area contributed by atoms with Crippen molar-refractivity contribution < 1.29 is 23.8 Å². The average molecular weight is 883 g/mol. The van der Waals surface area contributed by atoms with E-state index < -0.39 is 19.6 Å². The highest BCUT2D eigenvalue weighted by Crippen LogP contribution is 2.35. The zero-order valence-electron chi connectivity index (χ0n) is 31.2. The largest absolute Gasteiger partial charge is 0.494 e. The summed E-state index contributed by atoms with van der Waals surface area (Å²) in [5.74, 6) is 0.250. The Morgan fingerprint density at radius 3 is 2.47 bits per heavy atom. The van der Waals surface area contributed by atoms with Crippen LogP contribution in [0.15, 0.2) is 66.7 Å². The van der Waals surface area contributed by atoms with Gasteiger partial charge in [-0.1, -0.05) is 55.2 Å². The number of ether oxygens (including phenoxy) is 3. The zero-order chi connectivity index (χ0) is 37.8. The highest BCUT2D eigenvalue weighted by Gasteiger charge is 2.31. The van der Waals surface area contributed by atoms with Crippen LogP contribution in [0.3, 0.4) is 0 Å². The van der Waals surface area contributed by atoms with E-state index in [0.29, 0.717) is 55.5 Å². The van der Waals surface area contributed by atoms with Gasteiger partial charge in [0.05, 0.1) is 16.8 Å². The molecule has 280 valence electrons. The van der Waals surface area contributed by atoms with Crippen molar-refractivity contribution >= 4 is 85.7 Å². The molecule has 0 unspecified atom stereocenters. The van der Waals surface area contributed by atoms with Gasteiger partial charge < -0.3 is 19.1 Å². The van der Waals surface area contributed by atoms with Gasteiger partial charge in [0, 0.05) is 41.8 Å². The summed E-state index contributed by atoms with van der Waals surface area (Å²) in [6.07, 6.45) is 2.08. The Hall–Kier alpha value is -3.37. The van der Waals surface area contributed by atoms with Crippen LogP contribution in [-0.4, -0.2) is 62.0 Å². The van der Waals surface area contributed by atoms with Gasteiger partial charge in [-0.15, -0.1) is 11.3 Å². The lowest BCUT2D eigenvalue weighted by molar-refractivity contribution is 0.00623. The lowest BCUT2D eigenvalue weighted by Gasteiger charge is -2.31. The highest BCUT2D eigenvalue weighted by molar-refractivity contribution is 14.1. The molecule has 0 spiro atoms. The van der Waals surface area contributed by atoms with Crippen molar-refractivity contribution in [2.24, 2.45) is 0 Å². The van der Waals surface area contributed by atoms with Crippen molar-refractivity contribution in [3.05, 3.63) is 97.6 Å². The number of benzene rings is 3. The van der Waals surface area contributed by atoms with Gasteiger partial charge in [-0.2, -0.15) is 0 Å². The fourth-order valence-electron chi connectivity index (χ4n) is 5.88. The van der Waals surface area contributed by atoms with E-state index >= 15 is 0 Å². The monoisotopic (exact) mass is 882 g/mol. The van der Waals surface area contributed by atoms with Gasteiger partial charge in [0.2, 0.25) is 0 Å². The van der Waals surface area contributed by atoms with Crippen molar-refractivity contribution in [3.63, 3.8) is 0 Å². The van der Waals surface area contributed by atoms with E-state index in [1.54, 1.807) is 4.90 Å². The molecule has 0 aliphatic carbocycles. The summed E-state index contributed by atoms with van der Waals surface area (Å²) >= 11 is 5.29. The van der Waals surface area contributed by atoms with Crippen LogP contribution in [-0.2, 0) is 28.9 Å². The molecule has 0 radical (unpaired) electrons. The number of hydrogen-bond acceptors (Lipinski definition) is 10. The number of esters is 1. The minimum Gasteiger partial charge on any atom is -0.494 e. The number of anilines is 2. The molecule has 9 nitrogen and oxygen atoms in total. The van der Waals surface area contributed by atoms with Crippen molar-refractivity contribution in [2.45, 2.75) is 77.9 Å². The number of amides is 1. The summed E-state index contributed by atoms with van der Waals surface area (Å²) < 4.78 is 20.1. The third-order valence-corrected chi connectivity index (χ3v) is 13.3. The predicted molar refractivity (Wildman–Crippen MR) is 227 cm³/mol. The number of aromatic nitrogens is 2. The van der Waals surface area contributed by atoms with E-state index in [9.17, 15) is 9.59 Å². The first kappa shape index (κ1) is 39.3. The first-order valence-electron chi connectivity index (χ1n) is 18.0. The minimum atomic E-state index is -1.32. The summed E-state index contributed by atoms with van der Waals surface area (Å²) in [6.45, 7) is 15.0. The Morgan fingerprint density at radius 2 is 1.74 bits per heavy atom. The number of thiazole rings is 2. The number of carbonyl (C=O) groups is 2. The second-order valence-electron chi connectivity index (χ2n) is 15.3. The topological polar surface area (TPSA) is 94.1 Å². The van der Waals surface area contributed by atoms with Crippen molar-refractivity contribution in [1.29, 1.82) is 0 Å². The number of aryl methyl sites for hydroxylation is 1. The SMILES string of the molecule is CC(C)(C)OC(=O)c1nc(N2CCc3cccc(C(=O)N(COCC[Si](C)(C)C)c4nc5ccccc5s4)c3C2)sc1CCCOc1ccc(I)cc1. The summed E-state index contributed by atoms with van der Waals surface area (Å²) in [5.41, 5.74) is 3.26. The summed E-state index contributed by atoms with van der Waals surface area (Å²) in [4.78, 5) is 42.5. The van der Waals surface area contributed by atoms with Crippen molar-refractivity contribution in [1.82, 2.24) is 9.97 Å². The minimum absolute atomic E-state index is 0.124. The molecule has 1 amide bonds. The molecule has 0 N–H and O–H groups in total. The smallest absolute Gasteiger partial charge is 0.358 e. The second-order valence-corrected chi connectivity index (χ2v) is 24.3. The molecule has 0 fully saturated rings. The Morgan fingerprint density at radius 1 is 0.962 bits per heavy atom. The molecule has 3 aromatic carbocycles. The molecule has 6 rings (SSSR count). The molecule has 0 bridgehead atoms. The van der Waals surface area contributed by atoms with Gasteiger partial charge >= 0.3 is 5.97 Å². The second kappa shape index (κ2) is 17.0. The number of hydrogen-bond donors (Lipinski definition) is 0. The molecular weight excluding hydrogens is 836 g/mol. The lowest BCUT2D eigenvalue weighted by Crippen LogP contribution is -2.37. The van der Waals surface area contributed by atoms with Crippen LogP contribution in [0.2, 0.25) is 25.7 Å². The van der Waals surface area contributed by atoms with Gasteiger partial charge in [-0.05, 0) is 122 Å². The average Bonchev–Trinajstić information content (AvgIpc) is 3.74. The van der Waals surface area contributed by atoms with Crippen LogP contribution in [0.5, 0.6) is 5.75 Å². The maximum atomic E-state index is 14.6. The third-order valence-electron chi connectivity index (χ3n) is 8.66. The molecule has 13 heteroatoms. The lowest BCUT2D eigenvalue weighted by atomic mass is 9.94. The van der Waals surface area contributed by atoms with Crippen LogP contribution < -0.4 is 14.5 Å². The Bertz CT molecular complexity index is 2020. The fraction of sp³-hybridized carbons (Fsp3) is 0.400. The number of fused-ring (bicyclic) bond motifs is 2. The first-order valence-corrected chi connectivity index (χ1v) is 24.4. The van der Waals surface area contributed by atoms with E-state index in [1.165, 1.54) is 22.7 Å². The molecule has 0 saturated heterocycles. The van der Waals surface area contributed by atoms with Gasteiger partial charge in [-0.25, -0.2) is 14.8 Å². The zero-order valence-corrected chi connectivity index (χ0v) is 36.0. The molecule has 1 aliphatic heterocycles.